The summed E-state index contributed by atoms with van der Waals surface area (Å²) in [5, 5.41) is 3.99. The first-order valence-electron chi connectivity index (χ1n) is 5.98. The van der Waals surface area contributed by atoms with Crippen LogP contribution in [0.5, 0.6) is 0 Å². The molecule has 0 saturated heterocycles. The van der Waals surface area contributed by atoms with E-state index in [1.54, 1.807) is 6.20 Å². The first-order chi connectivity index (χ1) is 8.78. The van der Waals surface area contributed by atoms with Gasteiger partial charge in [0.25, 0.3) is 0 Å². The van der Waals surface area contributed by atoms with Crippen molar-refractivity contribution in [1.29, 1.82) is 0 Å². The first kappa shape index (κ1) is 12.9. The van der Waals surface area contributed by atoms with Crippen LogP contribution in [0.1, 0.15) is 19.7 Å². The molecule has 0 bridgehead atoms. The summed E-state index contributed by atoms with van der Waals surface area (Å²) in [7, 11) is 0. The predicted molar refractivity (Wildman–Crippen MR) is 74.5 cm³/mol. The van der Waals surface area contributed by atoms with E-state index >= 15 is 0 Å². The molecule has 5 nitrogen and oxygen atoms in total. The lowest BCUT2D eigenvalue weighted by Gasteiger charge is -2.09. The molecule has 2 aromatic heterocycles. The number of aryl methyl sites for hydroxylation is 1. The number of hydrogen-bond acceptors (Lipinski definition) is 5. The summed E-state index contributed by atoms with van der Waals surface area (Å²) in [5.74, 6) is 2.71. The molecule has 0 spiro atoms. The molecule has 6 heteroatoms. The molecule has 0 radical (unpaired) electrons. The fraction of sp³-hybridized carbons (Fsp3) is 0.417. The molecule has 0 aliphatic heterocycles. The Morgan fingerprint density at radius 2 is 2.17 bits per heavy atom. The van der Waals surface area contributed by atoms with Gasteiger partial charge < -0.3 is 5.32 Å². The van der Waals surface area contributed by atoms with E-state index in [9.17, 15) is 0 Å². The second-order valence-corrected chi connectivity index (χ2v) is 4.47. The zero-order valence-electron chi connectivity index (χ0n) is 10.8. The Morgan fingerprint density at radius 3 is 2.83 bits per heavy atom. The second-order valence-electron chi connectivity index (χ2n) is 3.70. The van der Waals surface area contributed by atoms with E-state index in [1.807, 2.05) is 23.1 Å². The van der Waals surface area contributed by atoms with Gasteiger partial charge in [0.15, 0.2) is 5.16 Å². The lowest BCUT2D eigenvalue weighted by Crippen LogP contribution is -2.07. The molecule has 0 amide bonds. The van der Waals surface area contributed by atoms with Crippen LogP contribution in [0.2, 0.25) is 0 Å². The second kappa shape index (κ2) is 5.86. The third-order valence-electron chi connectivity index (χ3n) is 2.51. The van der Waals surface area contributed by atoms with Crippen molar-refractivity contribution in [2.45, 2.75) is 25.4 Å². The van der Waals surface area contributed by atoms with Gasteiger partial charge in [-0.2, -0.15) is 0 Å². The molecule has 0 aromatic carbocycles. The van der Waals surface area contributed by atoms with E-state index in [0.717, 1.165) is 35.6 Å². The summed E-state index contributed by atoms with van der Waals surface area (Å²) in [6, 6.07) is 1.95. The number of hydrogen-bond donors (Lipinski definition) is 1. The molecule has 18 heavy (non-hydrogen) atoms. The third-order valence-corrected chi connectivity index (χ3v) is 3.06. The van der Waals surface area contributed by atoms with Crippen LogP contribution in [0.3, 0.4) is 0 Å². The normalized spacial score (nSPS) is 10.6. The summed E-state index contributed by atoms with van der Waals surface area (Å²) in [5.41, 5.74) is 0. The van der Waals surface area contributed by atoms with E-state index in [4.69, 9.17) is 0 Å². The molecule has 1 N–H and O–H groups in total. The number of anilines is 1. The van der Waals surface area contributed by atoms with E-state index in [0.29, 0.717) is 0 Å². The monoisotopic (exact) mass is 263 g/mol. The van der Waals surface area contributed by atoms with Crippen LogP contribution >= 0.6 is 11.8 Å². The van der Waals surface area contributed by atoms with E-state index in [1.165, 1.54) is 11.8 Å². The average Bonchev–Trinajstić information content (AvgIpc) is 2.87. The van der Waals surface area contributed by atoms with Gasteiger partial charge >= 0.3 is 0 Å². The van der Waals surface area contributed by atoms with Crippen molar-refractivity contribution in [3.8, 4) is 5.82 Å². The molecule has 0 unspecified atom stereocenters. The minimum Gasteiger partial charge on any atom is -0.370 e. The van der Waals surface area contributed by atoms with Gasteiger partial charge in [0, 0.05) is 31.4 Å². The largest absolute Gasteiger partial charge is 0.370 e. The first-order valence-corrected chi connectivity index (χ1v) is 7.20. The number of imidazole rings is 1. The van der Waals surface area contributed by atoms with E-state index in [2.05, 4.69) is 34.1 Å². The Morgan fingerprint density at radius 1 is 1.33 bits per heavy atom. The molecule has 0 aliphatic rings. The Balaban J connectivity index is 2.46. The number of nitrogens with one attached hydrogen (secondary N) is 1. The number of thioether (sulfide) groups is 1. The molecule has 2 heterocycles. The van der Waals surface area contributed by atoms with E-state index < -0.39 is 0 Å². The van der Waals surface area contributed by atoms with Gasteiger partial charge in [-0.05, 0) is 13.2 Å². The van der Waals surface area contributed by atoms with Crippen LogP contribution < -0.4 is 5.32 Å². The molecular formula is C12H17N5S. The smallest absolute Gasteiger partial charge is 0.191 e. The maximum Gasteiger partial charge on any atom is 0.191 e. The molecule has 0 atom stereocenters. The minimum absolute atomic E-state index is 0.763. The van der Waals surface area contributed by atoms with Crippen LogP contribution in [0.25, 0.3) is 5.82 Å². The van der Waals surface area contributed by atoms with Crippen molar-refractivity contribution in [3.63, 3.8) is 0 Å². The topological polar surface area (TPSA) is 55.6 Å². The Kier molecular flexibility index (Phi) is 4.19. The zero-order chi connectivity index (χ0) is 13.0. The van der Waals surface area contributed by atoms with Crippen molar-refractivity contribution in [2.24, 2.45) is 0 Å². The molecule has 0 aliphatic carbocycles. The highest BCUT2D eigenvalue weighted by atomic mass is 32.2. The zero-order valence-corrected chi connectivity index (χ0v) is 11.7. The van der Waals surface area contributed by atoms with Crippen LogP contribution in [-0.4, -0.2) is 32.3 Å². The van der Waals surface area contributed by atoms with Crippen molar-refractivity contribution >= 4 is 17.6 Å². The molecule has 0 saturated carbocycles. The van der Waals surface area contributed by atoms with Gasteiger partial charge in [0.1, 0.15) is 17.5 Å². The fourth-order valence-corrected chi connectivity index (χ4v) is 2.08. The number of aromatic nitrogens is 4. The summed E-state index contributed by atoms with van der Waals surface area (Å²) < 4.78 is 2.00. The van der Waals surface area contributed by atoms with Gasteiger partial charge in [-0.1, -0.05) is 18.7 Å². The molecule has 2 rings (SSSR count). The fourth-order valence-electron chi connectivity index (χ4n) is 1.70. The lowest BCUT2D eigenvalue weighted by atomic mass is 10.4. The summed E-state index contributed by atoms with van der Waals surface area (Å²) in [6.07, 6.45) is 6.58. The van der Waals surface area contributed by atoms with Gasteiger partial charge in [-0.3, -0.25) is 4.57 Å². The summed E-state index contributed by atoms with van der Waals surface area (Å²) in [6.45, 7) is 4.98. The average molecular weight is 263 g/mol. The van der Waals surface area contributed by atoms with Gasteiger partial charge in [0.2, 0.25) is 0 Å². The Labute approximate surface area is 111 Å². The highest BCUT2D eigenvalue weighted by Crippen LogP contribution is 2.18. The number of nitrogens with zero attached hydrogens (tertiary/aromatic N) is 4. The molecule has 0 fully saturated rings. The van der Waals surface area contributed by atoms with Crippen molar-refractivity contribution in [2.75, 3.05) is 18.1 Å². The number of rotatable bonds is 5. The standard InChI is InChI=1S/C12H17N5S/c1-4-10-14-6-7-17(10)11-8-9(13-5-2)15-12(16-11)18-3/h6-8H,4-5H2,1-3H3,(H,13,15,16). The van der Waals surface area contributed by atoms with Crippen molar-refractivity contribution in [3.05, 3.63) is 24.3 Å². The highest BCUT2D eigenvalue weighted by molar-refractivity contribution is 7.98. The van der Waals surface area contributed by atoms with Gasteiger partial charge in [-0.15, -0.1) is 0 Å². The van der Waals surface area contributed by atoms with Crippen molar-refractivity contribution < 1.29 is 0 Å². The van der Waals surface area contributed by atoms with Gasteiger partial charge in [-0.25, -0.2) is 15.0 Å². The maximum absolute atomic E-state index is 4.52. The molecule has 2 aromatic rings. The van der Waals surface area contributed by atoms with Crippen LogP contribution in [-0.2, 0) is 6.42 Å². The Bertz CT molecular complexity index is 523. The lowest BCUT2D eigenvalue weighted by molar-refractivity contribution is 0.831. The van der Waals surface area contributed by atoms with E-state index in [-0.39, 0.29) is 0 Å². The van der Waals surface area contributed by atoms with Crippen LogP contribution in [0.4, 0.5) is 5.82 Å². The SMILES string of the molecule is CCNc1cc(-n2ccnc2CC)nc(SC)n1. The van der Waals surface area contributed by atoms with Crippen LogP contribution in [0.15, 0.2) is 23.6 Å². The molecule has 96 valence electrons. The van der Waals surface area contributed by atoms with Crippen LogP contribution in [0, 0.1) is 0 Å². The highest BCUT2D eigenvalue weighted by Gasteiger charge is 2.08. The summed E-state index contributed by atoms with van der Waals surface area (Å²) >= 11 is 1.54. The quantitative estimate of drug-likeness (QED) is 0.663. The maximum atomic E-state index is 4.52. The minimum atomic E-state index is 0.763. The van der Waals surface area contributed by atoms with Crippen molar-refractivity contribution in [1.82, 2.24) is 19.5 Å². The third kappa shape index (κ3) is 2.64. The molecular weight excluding hydrogens is 246 g/mol. The summed E-state index contributed by atoms with van der Waals surface area (Å²) in [4.78, 5) is 13.3. The van der Waals surface area contributed by atoms with Gasteiger partial charge in [0.05, 0.1) is 0 Å². The Hall–Kier alpha value is -1.56. The predicted octanol–water partition coefficient (Wildman–Crippen LogP) is 2.38.